The molecule has 19 heavy (non-hydrogen) atoms. The number of ether oxygens (including phenoxy) is 1. The third kappa shape index (κ3) is 3.28. The number of hydrogen-bond acceptors (Lipinski definition) is 3. The molecular weight excluding hydrogens is 238 g/mol. The van der Waals surface area contributed by atoms with Gasteiger partial charge in [-0.3, -0.25) is 4.90 Å². The number of aliphatic hydroxyl groups is 1. The van der Waals surface area contributed by atoms with Gasteiger partial charge in [0.05, 0.1) is 13.2 Å². The highest BCUT2D eigenvalue weighted by molar-refractivity contribution is 5.29. The Balaban J connectivity index is 2.15. The Morgan fingerprint density at radius 1 is 1.11 bits per heavy atom. The highest BCUT2D eigenvalue weighted by Gasteiger charge is 2.31. The van der Waals surface area contributed by atoms with Crippen LogP contribution in [0, 0.1) is 5.92 Å². The molecule has 1 aromatic carbocycles. The van der Waals surface area contributed by atoms with E-state index in [0.29, 0.717) is 5.92 Å². The predicted molar refractivity (Wildman–Crippen MR) is 77.4 cm³/mol. The molecule has 1 fully saturated rings. The Morgan fingerprint density at radius 2 is 1.68 bits per heavy atom. The Labute approximate surface area is 116 Å². The smallest absolute Gasteiger partial charge is 0.118 e. The van der Waals surface area contributed by atoms with E-state index in [2.05, 4.69) is 18.7 Å². The van der Waals surface area contributed by atoms with E-state index in [-0.39, 0.29) is 6.04 Å². The van der Waals surface area contributed by atoms with Crippen molar-refractivity contribution in [1.29, 1.82) is 0 Å². The van der Waals surface area contributed by atoms with Crippen molar-refractivity contribution >= 4 is 0 Å². The van der Waals surface area contributed by atoms with E-state index in [4.69, 9.17) is 4.74 Å². The Bertz CT molecular complexity index is 382. The van der Waals surface area contributed by atoms with Gasteiger partial charge in [-0.1, -0.05) is 26.0 Å². The molecule has 0 amide bonds. The van der Waals surface area contributed by atoms with Gasteiger partial charge in [-0.05, 0) is 49.5 Å². The van der Waals surface area contributed by atoms with Gasteiger partial charge in [-0.25, -0.2) is 0 Å². The summed E-state index contributed by atoms with van der Waals surface area (Å²) >= 11 is 0. The molecule has 2 atom stereocenters. The average molecular weight is 263 g/mol. The van der Waals surface area contributed by atoms with Gasteiger partial charge in [-0.15, -0.1) is 0 Å². The zero-order valence-corrected chi connectivity index (χ0v) is 12.2. The second-order valence-electron chi connectivity index (χ2n) is 5.70. The molecule has 0 unspecified atom stereocenters. The molecule has 1 N–H and O–H groups in total. The van der Waals surface area contributed by atoms with Crippen LogP contribution in [-0.4, -0.2) is 36.2 Å². The molecule has 0 radical (unpaired) electrons. The van der Waals surface area contributed by atoms with E-state index in [0.717, 1.165) is 24.4 Å². The van der Waals surface area contributed by atoms with Gasteiger partial charge in [0.2, 0.25) is 0 Å². The van der Waals surface area contributed by atoms with Gasteiger partial charge in [0.15, 0.2) is 0 Å². The number of methoxy groups -OCH3 is 1. The standard InChI is InChI=1S/C16H25NO2/c1-12(2)15(17-10-4-5-11-17)16(18)13-6-8-14(19-3)9-7-13/h6-9,12,15-16,18H,4-5,10-11H2,1-3H3/t15-,16+/m0/s1. The number of likely N-dealkylation sites (tertiary alicyclic amines) is 1. The molecule has 3 heteroatoms. The van der Waals surface area contributed by atoms with Crippen molar-refractivity contribution in [2.24, 2.45) is 5.92 Å². The second-order valence-corrected chi connectivity index (χ2v) is 5.70. The summed E-state index contributed by atoms with van der Waals surface area (Å²) in [7, 11) is 1.66. The van der Waals surface area contributed by atoms with Gasteiger partial charge in [0, 0.05) is 6.04 Å². The van der Waals surface area contributed by atoms with Crippen LogP contribution in [0.3, 0.4) is 0 Å². The van der Waals surface area contributed by atoms with Gasteiger partial charge < -0.3 is 9.84 Å². The molecule has 1 heterocycles. The molecule has 0 bridgehead atoms. The van der Waals surface area contributed by atoms with Crippen molar-refractivity contribution in [3.63, 3.8) is 0 Å². The lowest BCUT2D eigenvalue weighted by Crippen LogP contribution is -2.41. The molecule has 0 aliphatic carbocycles. The van der Waals surface area contributed by atoms with Gasteiger partial charge in [-0.2, -0.15) is 0 Å². The quantitative estimate of drug-likeness (QED) is 0.886. The highest BCUT2D eigenvalue weighted by Crippen LogP contribution is 2.30. The van der Waals surface area contributed by atoms with E-state index in [1.807, 2.05) is 24.3 Å². The lowest BCUT2D eigenvalue weighted by molar-refractivity contribution is 0.0351. The fourth-order valence-corrected chi connectivity index (χ4v) is 3.02. The molecule has 0 saturated carbocycles. The van der Waals surface area contributed by atoms with Crippen LogP contribution >= 0.6 is 0 Å². The molecule has 0 spiro atoms. The van der Waals surface area contributed by atoms with Gasteiger partial charge in [0.1, 0.15) is 5.75 Å². The minimum atomic E-state index is -0.427. The largest absolute Gasteiger partial charge is 0.497 e. The van der Waals surface area contributed by atoms with Crippen molar-refractivity contribution in [3.8, 4) is 5.75 Å². The van der Waals surface area contributed by atoms with Crippen molar-refractivity contribution in [2.45, 2.75) is 38.8 Å². The first-order chi connectivity index (χ1) is 9.13. The average Bonchev–Trinajstić information content (AvgIpc) is 2.92. The van der Waals surface area contributed by atoms with Crippen LogP contribution in [0.1, 0.15) is 38.4 Å². The van der Waals surface area contributed by atoms with E-state index in [9.17, 15) is 5.11 Å². The maximum atomic E-state index is 10.7. The second kappa shape index (κ2) is 6.40. The van der Waals surface area contributed by atoms with Gasteiger partial charge >= 0.3 is 0 Å². The third-order valence-electron chi connectivity index (χ3n) is 4.03. The molecular formula is C16H25NO2. The first kappa shape index (κ1) is 14.4. The molecule has 1 saturated heterocycles. The van der Waals surface area contributed by atoms with Crippen LogP contribution < -0.4 is 4.74 Å². The van der Waals surface area contributed by atoms with Crippen LogP contribution in [0.4, 0.5) is 0 Å². The normalized spacial score (nSPS) is 19.6. The van der Waals surface area contributed by atoms with E-state index in [1.54, 1.807) is 7.11 Å². The predicted octanol–water partition coefficient (Wildman–Crippen LogP) is 2.85. The fourth-order valence-electron chi connectivity index (χ4n) is 3.02. The summed E-state index contributed by atoms with van der Waals surface area (Å²) in [6.45, 7) is 6.59. The van der Waals surface area contributed by atoms with Crippen LogP contribution in [0.25, 0.3) is 0 Å². The SMILES string of the molecule is COc1ccc([C@@H](O)[C@H](C(C)C)N2CCCC2)cc1. The molecule has 3 nitrogen and oxygen atoms in total. The fraction of sp³-hybridized carbons (Fsp3) is 0.625. The molecule has 1 aliphatic heterocycles. The minimum absolute atomic E-state index is 0.205. The summed E-state index contributed by atoms with van der Waals surface area (Å²) in [5.41, 5.74) is 0.978. The van der Waals surface area contributed by atoms with Crippen LogP contribution in [0.15, 0.2) is 24.3 Å². The van der Waals surface area contributed by atoms with Crippen LogP contribution in [0.5, 0.6) is 5.75 Å². The topological polar surface area (TPSA) is 32.7 Å². The number of aliphatic hydroxyl groups excluding tert-OH is 1. The molecule has 106 valence electrons. The van der Waals surface area contributed by atoms with Crippen molar-refractivity contribution in [2.75, 3.05) is 20.2 Å². The maximum Gasteiger partial charge on any atom is 0.118 e. The van der Waals surface area contributed by atoms with Crippen LogP contribution in [0.2, 0.25) is 0 Å². The number of hydrogen-bond donors (Lipinski definition) is 1. The summed E-state index contributed by atoms with van der Waals surface area (Å²) in [6, 6.07) is 7.97. The summed E-state index contributed by atoms with van der Waals surface area (Å²) in [4.78, 5) is 2.43. The first-order valence-corrected chi connectivity index (χ1v) is 7.19. The lowest BCUT2D eigenvalue weighted by atomic mass is 9.92. The monoisotopic (exact) mass is 263 g/mol. The Kier molecular flexibility index (Phi) is 4.83. The summed E-state index contributed by atoms with van der Waals surface area (Å²) < 4.78 is 5.16. The minimum Gasteiger partial charge on any atom is -0.497 e. The summed E-state index contributed by atoms with van der Waals surface area (Å²) in [6.07, 6.45) is 2.07. The van der Waals surface area contributed by atoms with Crippen molar-refractivity contribution < 1.29 is 9.84 Å². The zero-order chi connectivity index (χ0) is 13.8. The summed E-state index contributed by atoms with van der Waals surface area (Å²) in [5, 5.41) is 10.7. The van der Waals surface area contributed by atoms with E-state index in [1.165, 1.54) is 12.8 Å². The van der Waals surface area contributed by atoms with Gasteiger partial charge in [0.25, 0.3) is 0 Å². The highest BCUT2D eigenvalue weighted by atomic mass is 16.5. The Morgan fingerprint density at radius 3 is 2.16 bits per heavy atom. The summed E-state index contributed by atoms with van der Waals surface area (Å²) in [5.74, 6) is 1.27. The molecule has 0 aromatic heterocycles. The number of nitrogens with zero attached hydrogens (tertiary/aromatic N) is 1. The van der Waals surface area contributed by atoms with Crippen molar-refractivity contribution in [1.82, 2.24) is 4.90 Å². The lowest BCUT2D eigenvalue weighted by Gasteiger charge is -2.35. The van der Waals surface area contributed by atoms with E-state index < -0.39 is 6.10 Å². The van der Waals surface area contributed by atoms with Crippen LogP contribution in [-0.2, 0) is 0 Å². The first-order valence-electron chi connectivity index (χ1n) is 7.19. The van der Waals surface area contributed by atoms with E-state index >= 15 is 0 Å². The number of benzene rings is 1. The zero-order valence-electron chi connectivity index (χ0n) is 12.2. The third-order valence-corrected chi connectivity index (χ3v) is 4.03. The molecule has 1 aromatic rings. The molecule has 1 aliphatic rings. The molecule has 2 rings (SSSR count). The maximum absolute atomic E-state index is 10.7. The number of rotatable bonds is 5. The Hall–Kier alpha value is -1.06. The van der Waals surface area contributed by atoms with Crippen molar-refractivity contribution in [3.05, 3.63) is 29.8 Å².